The van der Waals surface area contributed by atoms with E-state index in [0.717, 1.165) is 45.8 Å². The lowest BCUT2D eigenvalue weighted by atomic mass is 8.87. The molecule has 2 heterocycles. The van der Waals surface area contributed by atoms with Gasteiger partial charge in [0.25, 0.3) is 0 Å². The molecule has 2 aliphatic heterocycles. The van der Waals surface area contributed by atoms with Gasteiger partial charge in [0.1, 0.15) is 0 Å². The molecular formula is C24H62B4Si6. The second kappa shape index (κ2) is 9.64. The van der Waals surface area contributed by atoms with Gasteiger partial charge in [0.15, 0.2) is 0 Å². The third kappa shape index (κ3) is 6.58. The van der Waals surface area contributed by atoms with Crippen LogP contribution in [-0.2, 0) is 0 Å². The van der Waals surface area contributed by atoms with Crippen LogP contribution < -0.4 is 0 Å². The third-order valence-corrected chi connectivity index (χ3v) is 28.5. The van der Waals surface area contributed by atoms with E-state index in [1.165, 1.54) is 0 Å². The molecule has 0 amide bonds. The predicted molar refractivity (Wildman–Crippen MR) is 188 cm³/mol. The Kier molecular flexibility index (Phi) is 9.01. The van der Waals surface area contributed by atoms with Gasteiger partial charge in [-0.1, -0.05) is 151 Å². The second-order valence-corrected chi connectivity index (χ2v) is 51.9. The van der Waals surface area contributed by atoms with Gasteiger partial charge in [-0.2, -0.15) is 0 Å². The largest absolute Gasteiger partial charge is 0.0829 e. The molecule has 0 aromatic carbocycles. The van der Waals surface area contributed by atoms with Crippen LogP contribution in [0.15, 0.2) is 0 Å². The van der Waals surface area contributed by atoms with E-state index >= 15 is 0 Å². The summed E-state index contributed by atoms with van der Waals surface area (Å²) in [5.74, 6) is 0. The second-order valence-electron chi connectivity index (χ2n) is 19.3. The smallest absolute Gasteiger partial charge is 0.0809 e. The van der Waals surface area contributed by atoms with Gasteiger partial charge in [-0.25, -0.2) is 0 Å². The molecule has 2 rings (SSSR count). The summed E-state index contributed by atoms with van der Waals surface area (Å²) in [7, 11) is -4.21. The van der Waals surface area contributed by atoms with E-state index in [4.69, 9.17) is 0 Å². The first-order chi connectivity index (χ1) is 14.7. The molecule has 10 heteroatoms. The van der Waals surface area contributed by atoms with Crippen LogP contribution in [0.4, 0.5) is 0 Å². The van der Waals surface area contributed by atoms with Gasteiger partial charge in [-0.05, 0) is 0 Å². The molecule has 2 aliphatic rings. The lowest BCUT2D eigenvalue weighted by Crippen LogP contribution is -2.57. The zero-order chi connectivity index (χ0) is 27.0. The van der Waals surface area contributed by atoms with E-state index in [0.29, 0.717) is 0 Å². The average Bonchev–Trinajstić information content (AvgIpc) is 3.11. The standard InChI is InChI=1S/C24H62B4Si6/c1-29(2,3)19-21(31(7,8)9)25-27(23(19)33(13,14)15)28-24(34(16,17)18)20(30(4,5)6)22(26-28)32(10,11)12/h19-26H,1-18H3. The summed E-state index contributed by atoms with van der Waals surface area (Å²) in [5.41, 5.74) is 6.44. The fraction of sp³-hybridized carbons (Fsp3) is 1.00. The molecule has 2 fully saturated rings. The minimum absolute atomic E-state index is 1.04. The predicted octanol–water partition coefficient (Wildman–Crippen LogP) is 8.19. The van der Waals surface area contributed by atoms with Crippen LogP contribution in [0, 0.1) is 0 Å². The highest BCUT2D eigenvalue weighted by Gasteiger charge is 2.65. The Hall–Kier alpha value is 1.56. The minimum Gasteiger partial charge on any atom is -0.0809 e. The van der Waals surface area contributed by atoms with Crippen LogP contribution in [-0.4, -0.2) is 75.8 Å². The molecule has 34 heavy (non-hydrogen) atoms. The lowest BCUT2D eigenvalue weighted by Gasteiger charge is -2.48. The van der Waals surface area contributed by atoms with E-state index in [1.54, 1.807) is 14.3 Å². The Morgan fingerprint density at radius 1 is 0.353 bits per heavy atom. The highest BCUT2D eigenvalue weighted by Crippen LogP contribution is 2.63. The fourth-order valence-corrected chi connectivity index (χ4v) is 37.7. The summed E-state index contributed by atoms with van der Waals surface area (Å²) in [6.45, 7) is 51.6. The number of hydrogen-bond acceptors (Lipinski definition) is 0. The molecule has 0 radical (unpaired) electrons. The Bertz CT molecular complexity index is 659. The summed E-state index contributed by atoms with van der Waals surface area (Å²) in [6, 6.07) is 0. The monoisotopic (exact) mass is 562 g/mol. The van der Waals surface area contributed by atoms with Crippen molar-refractivity contribution < 1.29 is 0 Å². The van der Waals surface area contributed by atoms with Crippen molar-refractivity contribution in [2.45, 2.75) is 151 Å². The molecule has 0 aliphatic carbocycles. The molecule has 0 saturated carbocycles. The van der Waals surface area contributed by atoms with Crippen molar-refractivity contribution in [2.75, 3.05) is 0 Å². The van der Waals surface area contributed by atoms with E-state index in [-0.39, 0.29) is 0 Å². The zero-order valence-corrected chi connectivity index (χ0v) is 33.0. The maximum atomic E-state index is 2.77. The third-order valence-electron chi connectivity index (χ3n) is 10.4. The van der Waals surface area contributed by atoms with Crippen molar-refractivity contribution in [1.29, 1.82) is 0 Å². The highest BCUT2D eigenvalue weighted by molar-refractivity contribution is 7.65. The molecule has 0 bridgehead atoms. The molecular weight excluding hydrogens is 500 g/mol. The van der Waals surface area contributed by atoms with Crippen molar-refractivity contribution in [2.24, 2.45) is 0 Å². The van der Waals surface area contributed by atoms with Crippen LogP contribution in [0.5, 0.6) is 0 Å². The van der Waals surface area contributed by atoms with Gasteiger partial charge in [0.2, 0.25) is 0 Å². The van der Waals surface area contributed by atoms with Crippen molar-refractivity contribution >= 4 is 75.8 Å². The maximum Gasteiger partial charge on any atom is 0.0829 e. The van der Waals surface area contributed by atoms with Crippen molar-refractivity contribution in [1.82, 2.24) is 0 Å². The fourth-order valence-electron chi connectivity index (χ4n) is 9.52. The normalized spacial score (nSPS) is 32.2. The Labute approximate surface area is 225 Å². The number of rotatable bonds is 7. The van der Waals surface area contributed by atoms with E-state index in [1.807, 2.05) is 0 Å². The first-order valence-corrected chi connectivity index (χ1v) is 36.2. The molecule has 0 N–H and O–H groups in total. The summed E-state index contributed by atoms with van der Waals surface area (Å²) in [5, 5.41) is 0. The Morgan fingerprint density at radius 3 is 0.735 bits per heavy atom. The van der Waals surface area contributed by atoms with Gasteiger partial charge < -0.3 is 0 Å². The van der Waals surface area contributed by atoms with Gasteiger partial charge in [-0.15, -0.1) is 0 Å². The Balaban J connectivity index is 2.76. The average molecular weight is 563 g/mol. The van der Waals surface area contributed by atoms with E-state index in [9.17, 15) is 0 Å². The van der Waals surface area contributed by atoms with Crippen LogP contribution in [0.3, 0.4) is 0 Å². The topological polar surface area (TPSA) is 0 Å². The van der Waals surface area contributed by atoms with Crippen molar-refractivity contribution in [3.05, 3.63) is 0 Å². The maximum absolute atomic E-state index is 2.77. The molecule has 6 atom stereocenters. The van der Waals surface area contributed by atoms with Gasteiger partial charge in [0, 0.05) is 48.4 Å². The summed E-state index contributed by atoms with van der Waals surface area (Å²) in [4.78, 5) is 0. The van der Waals surface area contributed by atoms with E-state index in [2.05, 4.69) is 118 Å². The zero-order valence-electron chi connectivity index (χ0n) is 27.0. The first kappa shape index (κ1) is 31.8. The van der Waals surface area contributed by atoms with Crippen LogP contribution >= 0.6 is 0 Å². The summed E-state index contributed by atoms with van der Waals surface area (Å²) in [6.07, 6.45) is 0. The van der Waals surface area contributed by atoms with Crippen molar-refractivity contribution in [3.8, 4) is 0 Å². The molecule has 0 nitrogen and oxygen atoms in total. The van der Waals surface area contributed by atoms with Crippen LogP contribution in [0.1, 0.15) is 0 Å². The number of hydrogen-bond donors (Lipinski definition) is 0. The minimum atomic E-state index is -1.28. The molecule has 0 aromatic rings. The lowest BCUT2D eigenvalue weighted by molar-refractivity contribution is 0.873. The SMILES string of the molecule is C[Si](C)(C)C1BB(B2BC([Si](C)(C)C)C([Si](C)(C)C)C2[Si](C)(C)C)C([Si](C)(C)C)C1[Si](C)(C)C. The molecule has 2 saturated heterocycles. The van der Waals surface area contributed by atoms with Gasteiger partial charge in [0.05, 0.1) is 27.3 Å². The highest BCUT2D eigenvalue weighted by atomic mass is 28.3. The Morgan fingerprint density at radius 2 is 0.588 bits per heavy atom. The van der Waals surface area contributed by atoms with Crippen LogP contribution in [0.2, 0.25) is 151 Å². The van der Waals surface area contributed by atoms with Gasteiger partial charge >= 0.3 is 0 Å². The summed E-state index contributed by atoms with van der Waals surface area (Å²) >= 11 is 0. The van der Waals surface area contributed by atoms with Crippen LogP contribution in [0.25, 0.3) is 0 Å². The van der Waals surface area contributed by atoms with Gasteiger partial charge in [-0.3, -0.25) is 0 Å². The molecule has 0 aromatic heterocycles. The summed E-state index contributed by atoms with van der Waals surface area (Å²) < 4.78 is 0. The molecule has 194 valence electrons. The molecule has 6 unspecified atom stereocenters. The quantitative estimate of drug-likeness (QED) is 0.275. The molecule has 0 spiro atoms. The van der Waals surface area contributed by atoms with E-state index < -0.39 is 48.4 Å². The van der Waals surface area contributed by atoms with Crippen molar-refractivity contribution in [3.63, 3.8) is 0 Å². The first-order valence-electron chi connectivity index (χ1n) is 14.7.